The Kier molecular flexibility index (Phi) is 16.5. The first kappa shape index (κ1) is 54.1. The van der Waals surface area contributed by atoms with Crippen molar-refractivity contribution in [2.45, 2.75) is 48.5 Å². The first-order valence-corrected chi connectivity index (χ1v) is 23.5. The summed E-state index contributed by atoms with van der Waals surface area (Å²) in [4.78, 5) is 20.8. The summed E-state index contributed by atoms with van der Waals surface area (Å²) in [7, 11) is -9.64. The number of phenols is 2. The molecule has 70 heavy (non-hydrogen) atoms. The number of benzene rings is 6. The Morgan fingerprint density at radius 1 is 0.557 bits per heavy atom. The van der Waals surface area contributed by atoms with E-state index in [2.05, 4.69) is 9.44 Å². The number of anilines is 2. The van der Waals surface area contributed by atoms with Crippen LogP contribution in [0.3, 0.4) is 0 Å². The molecule has 6 aromatic rings. The molecule has 0 heterocycles. The highest BCUT2D eigenvalue weighted by molar-refractivity contribution is 7.93. The standard InChI is InChI=1S/C25H23ClF3NO6S.C21H15ClF3NO6S/c1-24(2,3)36-22(31)14-35-20-10-9-16(15-7-5-4-6-8-15)11-19(20)30-37(33,34)21-13-17(25(27,28)29)12-18(26)23(21)32;22-15-9-14(21(23,24)25)10-18(20(15)29)33(30,31)26-16-8-13(12-4-2-1-3-5-12)6-7-17(16)32-11-19(27)28/h4-13,30,32H,14H2,1-3H3;1-10,26,29H,11H2,(H,27,28). The lowest BCUT2D eigenvalue weighted by atomic mass is 10.1. The minimum atomic E-state index is -4.93. The van der Waals surface area contributed by atoms with Crippen molar-refractivity contribution in [2.24, 2.45) is 0 Å². The number of aliphatic carboxylic acids is 1. The second-order valence-corrected chi connectivity index (χ2v) is 19.6. The highest BCUT2D eigenvalue weighted by Gasteiger charge is 2.36. The van der Waals surface area contributed by atoms with Gasteiger partial charge in [0, 0.05) is 0 Å². The van der Waals surface area contributed by atoms with E-state index in [0.29, 0.717) is 34.4 Å². The molecular weight excluding hydrogens is 1020 g/mol. The van der Waals surface area contributed by atoms with Crippen LogP contribution in [0.1, 0.15) is 31.9 Å². The predicted molar refractivity (Wildman–Crippen MR) is 246 cm³/mol. The number of esters is 1. The Hall–Kier alpha value is -6.88. The van der Waals surface area contributed by atoms with Crippen molar-refractivity contribution in [3.05, 3.63) is 142 Å². The number of phenolic OH excluding ortho intramolecular Hbond substituents is 2. The number of carbonyl (C=O) groups is 2. The summed E-state index contributed by atoms with van der Waals surface area (Å²) in [5.41, 5.74) is -1.58. The van der Waals surface area contributed by atoms with Crippen molar-refractivity contribution in [3.63, 3.8) is 0 Å². The SMILES string of the molecule is CC(C)(C)OC(=O)COc1ccc(-c2ccccc2)cc1NS(=O)(=O)c1cc(C(F)(F)F)cc(Cl)c1O.O=C(O)COc1ccc(-c2ccccc2)cc1NS(=O)(=O)c1cc(C(F)(F)F)cc(Cl)c1O. The number of carboxylic acid groups (broad SMARTS) is 1. The number of nitrogens with one attached hydrogen (secondary N) is 2. The Morgan fingerprint density at radius 2 is 0.929 bits per heavy atom. The second kappa shape index (κ2) is 21.4. The molecule has 0 unspecified atom stereocenters. The zero-order chi connectivity index (χ0) is 52.0. The molecule has 0 saturated carbocycles. The molecule has 0 amide bonds. The summed E-state index contributed by atoms with van der Waals surface area (Å²) in [6.45, 7) is 3.60. The summed E-state index contributed by atoms with van der Waals surface area (Å²) in [6, 6.07) is 27.4. The number of halogens is 8. The topological polar surface area (TPSA) is 215 Å². The van der Waals surface area contributed by atoms with E-state index in [9.17, 15) is 63.0 Å². The largest absolute Gasteiger partial charge is 0.505 e. The van der Waals surface area contributed by atoms with Crippen molar-refractivity contribution in [1.29, 1.82) is 0 Å². The molecule has 24 heteroatoms. The van der Waals surface area contributed by atoms with E-state index in [-0.39, 0.29) is 35.0 Å². The van der Waals surface area contributed by atoms with Crippen molar-refractivity contribution in [2.75, 3.05) is 22.7 Å². The van der Waals surface area contributed by atoms with Gasteiger partial charge in [-0.05, 0) is 91.6 Å². The smallest absolute Gasteiger partial charge is 0.416 e. The monoisotopic (exact) mass is 1060 g/mol. The third-order valence-corrected chi connectivity index (χ3v) is 12.4. The van der Waals surface area contributed by atoms with Crippen molar-refractivity contribution < 1.29 is 82.3 Å². The summed E-state index contributed by atoms with van der Waals surface area (Å²) >= 11 is 11.3. The van der Waals surface area contributed by atoms with E-state index in [1.165, 1.54) is 24.3 Å². The van der Waals surface area contributed by atoms with E-state index in [0.717, 1.165) is 0 Å². The molecule has 6 aromatic carbocycles. The van der Waals surface area contributed by atoms with Crippen LogP contribution in [0.4, 0.5) is 37.7 Å². The number of alkyl halides is 6. The van der Waals surface area contributed by atoms with Crippen LogP contribution in [-0.4, -0.2) is 62.9 Å². The van der Waals surface area contributed by atoms with Crippen LogP contribution in [0.2, 0.25) is 10.0 Å². The number of carboxylic acids is 1. The zero-order valence-corrected chi connectivity index (χ0v) is 39.5. The van der Waals surface area contributed by atoms with Crippen LogP contribution >= 0.6 is 23.2 Å². The molecule has 6 rings (SSSR count). The van der Waals surface area contributed by atoms with Gasteiger partial charge >= 0.3 is 24.3 Å². The molecule has 0 aromatic heterocycles. The fourth-order valence-corrected chi connectivity index (χ4v) is 8.98. The molecule has 14 nitrogen and oxygen atoms in total. The number of aromatic hydroxyl groups is 2. The first-order chi connectivity index (χ1) is 32.4. The second-order valence-electron chi connectivity index (χ2n) is 15.5. The summed E-state index contributed by atoms with van der Waals surface area (Å²) in [5, 5.41) is 27.5. The molecule has 0 atom stereocenters. The highest BCUT2D eigenvalue weighted by atomic mass is 35.5. The van der Waals surface area contributed by atoms with E-state index in [1.807, 2.05) is 0 Å². The molecule has 0 aliphatic rings. The Morgan fingerprint density at radius 3 is 1.27 bits per heavy atom. The first-order valence-electron chi connectivity index (χ1n) is 19.8. The Labute approximate surface area is 406 Å². The number of ether oxygens (including phenoxy) is 3. The fraction of sp³-hybridized carbons (Fsp3) is 0.174. The molecule has 0 fully saturated rings. The molecule has 0 spiro atoms. The lowest BCUT2D eigenvalue weighted by Crippen LogP contribution is -2.27. The van der Waals surface area contributed by atoms with Gasteiger partial charge in [-0.2, -0.15) is 26.3 Å². The van der Waals surface area contributed by atoms with Gasteiger partial charge < -0.3 is 29.5 Å². The van der Waals surface area contributed by atoms with E-state index >= 15 is 0 Å². The molecule has 0 aliphatic carbocycles. The van der Waals surface area contributed by atoms with Gasteiger partial charge in [-0.25, -0.2) is 26.4 Å². The number of sulfonamides is 2. The molecular formula is C46H38Cl2F6N2O12S2. The average Bonchev–Trinajstić information content (AvgIpc) is 3.26. The maximum atomic E-state index is 13.3. The molecule has 372 valence electrons. The lowest BCUT2D eigenvalue weighted by molar-refractivity contribution is -0.157. The molecule has 0 saturated heterocycles. The fourth-order valence-electron chi connectivity index (χ4n) is 6.02. The van der Waals surface area contributed by atoms with Crippen LogP contribution in [-0.2, 0) is 46.7 Å². The van der Waals surface area contributed by atoms with Gasteiger partial charge in [0.25, 0.3) is 20.0 Å². The van der Waals surface area contributed by atoms with Crippen LogP contribution in [0.25, 0.3) is 22.3 Å². The third kappa shape index (κ3) is 14.3. The van der Waals surface area contributed by atoms with Crippen molar-refractivity contribution in [3.8, 4) is 45.3 Å². The Balaban J connectivity index is 0.000000262. The van der Waals surface area contributed by atoms with Crippen LogP contribution in [0.5, 0.6) is 23.0 Å². The summed E-state index contributed by atoms with van der Waals surface area (Å²) in [5.74, 6) is -4.50. The van der Waals surface area contributed by atoms with Gasteiger partial charge in [0.2, 0.25) is 0 Å². The summed E-state index contributed by atoms with van der Waals surface area (Å²) < 4.78 is 151. The van der Waals surface area contributed by atoms with Gasteiger partial charge in [-0.3, -0.25) is 9.44 Å². The van der Waals surface area contributed by atoms with Crippen LogP contribution in [0, 0.1) is 0 Å². The van der Waals surface area contributed by atoms with Gasteiger partial charge in [0.1, 0.15) is 26.9 Å². The quantitative estimate of drug-likeness (QED) is 0.0509. The minimum absolute atomic E-state index is 0.105. The van der Waals surface area contributed by atoms with Crippen molar-refractivity contribution >= 4 is 66.6 Å². The van der Waals surface area contributed by atoms with Gasteiger partial charge in [0.05, 0.1) is 32.5 Å². The molecule has 0 bridgehead atoms. The average molecular weight is 1060 g/mol. The highest BCUT2D eigenvalue weighted by Crippen LogP contribution is 2.42. The maximum Gasteiger partial charge on any atom is 0.416 e. The Bertz CT molecular complexity index is 3120. The maximum absolute atomic E-state index is 13.3. The molecule has 5 N–H and O–H groups in total. The number of rotatable bonds is 14. The third-order valence-electron chi connectivity index (χ3n) is 9.07. The zero-order valence-electron chi connectivity index (χ0n) is 36.3. The van der Waals surface area contributed by atoms with E-state index < -0.39 is 106 Å². The number of hydrogen-bond acceptors (Lipinski definition) is 11. The van der Waals surface area contributed by atoms with Crippen LogP contribution in [0.15, 0.2) is 131 Å². The van der Waals surface area contributed by atoms with E-state index in [4.69, 9.17) is 42.5 Å². The van der Waals surface area contributed by atoms with Crippen molar-refractivity contribution in [1.82, 2.24) is 0 Å². The summed E-state index contributed by atoms with van der Waals surface area (Å²) in [6.07, 6.45) is -9.85. The van der Waals surface area contributed by atoms with Gasteiger partial charge in [-0.15, -0.1) is 0 Å². The minimum Gasteiger partial charge on any atom is -0.505 e. The predicted octanol–water partition coefficient (Wildman–Crippen LogP) is 11.2. The van der Waals surface area contributed by atoms with Gasteiger partial charge in [-0.1, -0.05) is 96.0 Å². The van der Waals surface area contributed by atoms with Crippen LogP contribution < -0.4 is 18.9 Å². The van der Waals surface area contributed by atoms with Gasteiger partial charge in [0.15, 0.2) is 24.7 Å². The molecule has 0 radical (unpaired) electrons. The molecule has 0 aliphatic heterocycles. The number of hydrogen-bond donors (Lipinski definition) is 5. The normalized spacial score (nSPS) is 12.0. The van der Waals surface area contributed by atoms with E-state index in [1.54, 1.807) is 93.6 Å². The lowest BCUT2D eigenvalue weighted by Gasteiger charge is -2.20. The number of carbonyl (C=O) groups excluding carboxylic acids is 1.